The van der Waals surface area contributed by atoms with Crippen LogP contribution in [-0.2, 0) is 9.47 Å². The summed E-state index contributed by atoms with van der Waals surface area (Å²) in [6.45, 7) is 19.3. The molecule has 3 unspecified atom stereocenters. The van der Waals surface area contributed by atoms with Crippen LogP contribution in [0.5, 0.6) is 0 Å². The molecule has 0 saturated carbocycles. The first-order valence-corrected chi connectivity index (χ1v) is 9.69. The second-order valence-electron chi connectivity index (χ2n) is 8.71. The van der Waals surface area contributed by atoms with E-state index in [1.807, 2.05) is 6.92 Å². The van der Waals surface area contributed by atoms with Crippen LogP contribution in [0.3, 0.4) is 0 Å². The van der Waals surface area contributed by atoms with Crippen LogP contribution in [0.15, 0.2) is 0 Å². The van der Waals surface area contributed by atoms with Gasteiger partial charge >= 0.3 is 0 Å². The summed E-state index contributed by atoms with van der Waals surface area (Å²) in [6, 6.07) is 0.0813. The van der Waals surface area contributed by atoms with E-state index in [2.05, 4.69) is 48.5 Å². The van der Waals surface area contributed by atoms with Gasteiger partial charge in [0.1, 0.15) is 0 Å². The smallest absolute Gasteiger partial charge is 0.0632 e. The molecule has 0 bridgehead atoms. The zero-order chi connectivity index (χ0) is 19.0. The minimum Gasteiger partial charge on any atom is -0.379 e. The Morgan fingerprint density at radius 1 is 0.917 bits per heavy atom. The lowest BCUT2D eigenvalue weighted by atomic mass is 9.74. The molecule has 0 aliphatic heterocycles. The van der Waals surface area contributed by atoms with Crippen LogP contribution in [-0.4, -0.2) is 37.0 Å². The van der Waals surface area contributed by atoms with E-state index in [4.69, 9.17) is 20.9 Å². The van der Waals surface area contributed by atoms with Gasteiger partial charge in [0.25, 0.3) is 0 Å². The number of ether oxygens (including phenoxy) is 2. The molecule has 0 rings (SSSR count). The average Bonchev–Trinajstić information content (AvgIpc) is 2.51. The second kappa shape index (κ2) is 10.1. The van der Waals surface area contributed by atoms with Crippen LogP contribution in [0.1, 0.15) is 81.1 Å². The minimum absolute atomic E-state index is 0.0813. The molecule has 4 N–H and O–H groups in total. The normalized spacial score (nSPS) is 18.2. The predicted octanol–water partition coefficient (Wildman–Crippen LogP) is 4.11. The zero-order valence-corrected chi connectivity index (χ0v) is 17.6. The summed E-state index contributed by atoms with van der Waals surface area (Å²) in [5.41, 5.74) is 11.9. The maximum atomic E-state index is 6.35. The van der Waals surface area contributed by atoms with Crippen molar-refractivity contribution in [2.24, 2.45) is 22.8 Å². The molecule has 146 valence electrons. The maximum absolute atomic E-state index is 6.35. The third-order valence-corrected chi connectivity index (χ3v) is 5.70. The van der Waals surface area contributed by atoms with Gasteiger partial charge in [-0.05, 0) is 64.7 Å². The fourth-order valence-corrected chi connectivity index (χ4v) is 3.06. The summed E-state index contributed by atoms with van der Waals surface area (Å²) in [6.07, 6.45) is 4.09. The van der Waals surface area contributed by atoms with Crippen LogP contribution < -0.4 is 11.5 Å². The third-order valence-electron chi connectivity index (χ3n) is 5.70. The molecule has 0 heterocycles. The summed E-state index contributed by atoms with van der Waals surface area (Å²) in [4.78, 5) is 0. The van der Waals surface area contributed by atoms with Crippen LogP contribution in [0, 0.1) is 11.3 Å². The summed E-state index contributed by atoms with van der Waals surface area (Å²) >= 11 is 0. The third kappa shape index (κ3) is 8.28. The van der Waals surface area contributed by atoms with Gasteiger partial charge in [-0.15, -0.1) is 0 Å². The van der Waals surface area contributed by atoms with Crippen molar-refractivity contribution in [1.29, 1.82) is 0 Å². The largest absolute Gasteiger partial charge is 0.379 e. The van der Waals surface area contributed by atoms with Crippen LogP contribution in [0.4, 0.5) is 0 Å². The summed E-state index contributed by atoms with van der Waals surface area (Å²) in [5, 5.41) is 0. The first-order chi connectivity index (χ1) is 10.9. The zero-order valence-electron chi connectivity index (χ0n) is 17.6. The molecule has 0 amide bonds. The number of nitrogens with two attached hydrogens (primary N) is 2. The first-order valence-electron chi connectivity index (χ1n) is 9.69. The van der Waals surface area contributed by atoms with E-state index >= 15 is 0 Å². The standard InChI is InChI=1S/C20H44N2O2/c1-9-19(8,22)16(4)12-24-18(6,7)14-20(10-2,11-3)15-23-13-17(5)21/h16-17H,9-15,21-22H2,1-8H3. The summed E-state index contributed by atoms with van der Waals surface area (Å²) < 4.78 is 12.2. The highest BCUT2D eigenvalue weighted by atomic mass is 16.5. The lowest BCUT2D eigenvalue weighted by Gasteiger charge is -2.40. The van der Waals surface area contributed by atoms with Gasteiger partial charge in [-0.1, -0.05) is 27.7 Å². The Morgan fingerprint density at radius 3 is 1.88 bits per heavy atom. The molecular weight excluding hydrogens is 300 g/mol. The first kappa shape index (κ1) is 23.8. The van der Waals surface area contributed by atoms with E-state index in [0.29, 0.717) is 19.1 Å². The van der Waals surface area contributed by atoms with Gasteiger partial charge in [0.15, 0.2) is 0 Å². The molecule has 0 fully saturated rings. The van der Waals surface area contributed by atoms with Crippen molar-refractivity contribution >= 4 is 0 Å². The monoisotopic (exact) mass is 344 g/mol. The van der Waals surface area contributed by atoms with Crippen molar-refractivity contribution in [2.75, 3.05) is 19.8 Å². The van der Waals surface area contributed by atoms with Crippen molar-refractivity contribution in [3.63, 3.8) is 0 Å². The van der Waals surface area contributed by atoms with Gasteiger partial charge in [0.05, 0.1) is 25.4 Å². The Bertz CT molecular complexity index is 337. The molecular formula is C20H44N2O2. The topological polar surface area (TPSA) is 70.5 Å². The number of hydrogen-bond acceptors (Lipinski definition) is 4. The summed E-state index contributed by atoms with van der Waals surface area (Å²) in [5.74, 6) is 0.328. The summed E-state index contributed by atoms with van der Waals surface area (Å²) in [7, 11) is 0. The second-order valence-corrected chi connectivity index (χ2v) is 8.71. The molecule has 0 radical (unpaired) electrons. The Morgan fingerprint density at radius 2 is 1.46 bits per heavy atom. The molecule has 3 atom stereocenters. The van der Waals surface area contributed by atoms with Gasteiger partial charge in [0, 0.05) is 11.6 Å². The molecule has 0 saturated heterocycles. The van der Waals surface area contributed by atoms with Crippen molar-refractivity contribution in [2.45, 2.75) is 98.3 Å². The van der Waals surface area contributed by atoms with Crippen molar-refractivity contribution in [3.8, 4) is 0 Å². The molecule has 4 heteroatoms. The van der Waals surface area contributed by atoms with Crippen molar-refractivity contribution in [3.05, 3.63) is 0 Å². The van der Waals surface area contributed by atoms with Gasteiger partial charge < -0.3 is 20.9 Å². The number of hydrogen-bond donors (Lipinski definition) is 2. The van der Waals surface area contributed by atoms with Crippen molar-refractivity contribution in [1.82, 2.24) is 0 Å². The van der Waals surface area contributed by atoms with Crippen LogP contribution >= 0.6 is 0 Å². The molecule has 0 aliphatic carbocycles. The quantitative estimate of drug-likeness (QED) is 0.527. The van der Waals surface area contributed by atoms with E-state index in [1.54, 1.807) is 0 Å². The molecule has 0 aromatic rings. The Hall–Kier alpha value is -0.160. The molecule has 0 aromatic heterocycles. The van der Waals surface area contributed by atoms with E-state index in [1.165, 1.54) is 0 Å². The lowest BCUT2D eigenvalue weighted by molar-refractivity contribution is -0.0880. The van der Waals surface area contributed by atoms with Gasteiger partial charge in [-0.25, -0.2) is 0 Å². The predicted molar refractivity (Wildman–Crippen MR) is 104 cm³/mol. The molecule has 4 nitrogen and oxygen atoms in total. The lowest BCUT2D eigenvalue weighted by Crippen LogP contribution is -2.46. The molecule has 0 spiro atoms. The highest BCUT2D eigenvalue weighted by Gasteiger charge is 2.36. The van der Waals surface area contributed by atoms with Crippen LogP contribution in [0.25, 0.3) is 0 Å². The van der Waals surface area contributed by atoms with E-state index in [0.717, 1.165) is 32.3 Å². The van der Waals surface area contributed by atoms with E-state index in [-0.39, 0.29) is 22.6 Å². The Balaban J connectivity index is 4.74. The molecule has 0 aliphatic rings. The molecule has 24 heavy (non-hydrogen) atoms. The van der Waals surface area contributed by atoms with E-state index < -0.39 is 0 Å². The van der Waals surface area contributed by atoms with Gasteiger partial charge in [-0.2, -0.15) is 0 Å². The maximum Gasteiger partial charge on any atom is 0.0632 e. The average molecular weight is 345 g/mol. The fourth-order valence-electron chi connectivity index (χ4n) is 3.06. The van der Waals surface area contributed by atoms with Gasteiger partial charge in [0.2, 0.25) is 0 Å². The van der Waals surface area contributed by atoms with Crippen molar-refractivity contribution < 1.29 is 9.47 Å². The SMILES string of the molecule is CCC(CC)(COCC(C)N)CC(C)(C)OCC(C)C(C)(N)CC. The molecule has 0 aromatic carbocycles. The number of rotatable bonds is 13. The van der Waals surface area contributed by atoms with Gasteiger partial charge in [-0.3, -0.25) is 0 Å². The highest BCUT2D eigenvalue weighted by molar-refractivity contribution is 4.87. The Labute approximate surface area is 151 Å². The fraction of sp³-hybridized carbons (Fsp3) is 1.00. The highest BCUT2D eigenvalue weighted by Crippen LogP contribution is 2.38. The Kier molecular flexibility index (Phi) is 10.0. The van der Waals surface area contributed by atoms with Crippen LogP contribution in [0.2, 0.25) is 0 Å². The van der Waals surface area contributed by atoms with E-state index in [9.17, 15) is 0 Å². The minimum atomic E-state index is -0.193.